The first-order valence-corrected chi connectivity index (χ1v) is 16.1. The number of hydrogen-bond donors (Lipinski definition) is 0. The first-order chi connectivity index (χ1) is 23.1. The summed E-state index contributed by atoms with van der Waals surface area (Å²) in [5.74, 6) is 13.1. The van der Waals surface area contributed by atoms with Crippen LogP contribution in [0.2, 0.25) is 0 Å². The maximum absolute atomic E-state index is 13.9. The van der Waals surface area contributed by atoms with Gasteiger partial charge in [-0.1, -0.05) is 104 Å². The Morgan fingerprint density at radius 1 is 0.574 bits per heavy atom. The lowest BCUT2D eigenvalue weighted by Crippen LogP contribution is -2.03. The number of unbranched alkanes of at least 4 members (excludes halogenated alkanes) is 2. The van der Waals surface area contributed by atoms with Crippen molar-refractivity contribution < 1.29 is 9.59 Å². The molecule has 0 N–H and O–H groups in total. The molecule has 0 aliphatic carbocycles. The van der Waals surface area contributed by atoms with Gasteiger partial charge in [-0.05, 0) is 111 Å². The van der Waals surface area contributed by atoms with Gasteiger partial charge in [-0.2, -0.15) is 0 Å². The average Bonchev–Trinajstić information content (AvgIpc) is 3.13. The zero-order valence-electron chi connectivity index (χ0n) is 26.3. The van der Waals surface area contributed by atoms with E-state index in [1.165, 1.54) is 24.8 Å². The van der Waals surface area contributed by atoms with Crippen LogP contribution in [0.3, 0.4) is 0 Å². The summed E-state index contributed by atoms with van der Waals surface area (Å²) < 4.78 is 0. The molecule has 0 spiro atoms. The van der Waals surface area contributed by atoms with Gasteiger partial charge in [0.25, 0.3) is 0 Å². The highest BCUT2D eigenvalue weighted by Crippen LogP contribution is 2.38. The molecule has 0 saturated heterocycles. The first kappa shape index (κ1) is 29.7. The molecule has 0 saturated carbocycles. The number of rotatable bonds is 7. The van der Waals surface area contributed by atoms with E-state index in [1.54, 1.807) is 12.1 Å². The van der Waals surface area contributed by atoms with Crippen molar-refractivity contribution in [2.45, 2.75) is 32.6 Å². The lowest BCUT2D eigenvalue weighted by Gasteiger charge is -2.14. The van der Waals surface area contributed by atoms with E-state index in [2.05, 4.69) is 91.3 Å². The highest BCUT2D eigenvalue weighted by Gasteiger charge is 2.17. The number of carbonyl (C=O) groups is 2. The van der Waals surface area contributed by atoms with Crippen LogP contribution in [0.1, 0.15) is 80.3 Å². The molecule has 0 atom stereocenters. The van der Waals surface area contributed by atoms with Crippen LogP contribution < -0.4 is 0 Å². The molecular formula is C45H32O2. The summed E-state index contributed by atoms with van der Waals surface area (Å²) in [6, 6.07) is 39.9. The molecule has 0 bridgehead atoms. The lowest BCUT2D eigenvalue weighted by atomic mass is 9.88. The predicted molar refractivity (Wildman–Crippen MR) is 193 cm³/mol. The van der Waals surface area contributed by atoms with Crippen LogP contribution in [-0.4, -0.2) is 12.1 Å². The van der Waals surface area contributed by atoms with Crippen molar-refractivity contribution >= 4 is 44.4 Å². The summed E-state index contributed by atoms with van der Waals surface area (Å²) in [6.07, 6.45) is 5.64. The third-order valence-corrected chi connectivity index (χ3v) is 8.82. The number of benzene rings is 7. The van der Waals surface area contributed by atoms with Crippen molar-refractivity contribution in [3.63, 3.8) is 0 Å². The molecule has 0 amide bonds. The maximum atomic E-state index is 13.9. The Bertz CT molecular complexity index is 2370. The van der Waals surface area contributed by atoms with Crippen molar-refractivity contribution in [3.8, 4) is 23.7 Å². The molecule has 0 heterocycles. The molecule has 0 fully saturated rings. The Hall–Kier alpha value is -5.96. The van der Waals surface area contributed by atoms with Crippen molar-refractivity contribution in [1.29, 1.82) is 0 Å². The van der Waals surface area contributed by atoms with Gasteiger partial charge in [-0.15, -0.1) is 0 Å². The van der Waals surface area contributed by atoms with Crippen LogP contribution in [0.25, 0.3) is 32.3 Å². The van der Waals surface area contributed by atoms with Crippen LogP contribution in [0.15, 0.2) is 121 Å². The molecule has 2 heteroatoms. The average molecular weight is 605 g/mol. The fourth-order valence-corrected chi connectivity index (χ4v) is 6.23. The number of aryl methyl sites for hydroxylation is 1. The SMILES string of the molecule is CCCCCc1ccc(C#Cc2ccc3ccc4ccc(C(=O)c5ccc(C#Cc6ccc(C=O)cc6)cc5)c5ccc2c3c45)cc1. The normalized spacial score (nSPS) is 10.8. The van der Waals surface area contributed by atoms with Crippen LogP contribution >= 0.6 is 0 Å². The molecule has 0 aromatic heterocycles. The topological polar surface area (TPSA) is 34.1 Å². The smallest absolute Gasteiger partial charge is 0.193 e. The van der Waals surface area contributed by atoms with Gasteiger partial charge in [-0.3, -0.25) is 9.59 Å². The Morgan fingerprint density at radius 3 is 1.79 bits per heavy atom. The van der Waals surface area contributed by atoms with Gasteiger partial charge in [0.2, 0.25) is 0 Å². The second kappa shape index (κ2) is 13.2. The quantitative estimate of drug-likeness (QED) is 0.0596. The minimum atomic E-state index is -0.0231. The van der Waals surface area contributed by atoms with Gasteiger partial charge in [0.15, 0.2) is 5.78 Å². The molecule has 0 unspecified atom stereocenters. The molecule has 224 valence electrons. The van der Waals surface area contributed by atoms with Crippen molar-refractivity contribution in [3.05, 3.63) is 166 Å². The molecule has 0 aliphatic rings. The van der Waals surface area contributed by atoms with Crippen LogP contribution in [-0.2, 0) is 6.42 Å². The van der Waals surface area contributed by atoms with Crippen LogP contribution in [0.5, 0.6) is 0 Å². The third kappa shape index (κ3) is 6.15. The fourth-order valence-electron chi connectivity index (χ4n) is 6.23. The second-order valence-corrected chi connectivity index (χ2v) is 11.9. The standard InChI is InChI=1S/C45H32O2/c1-2-3-4-5-31-6-8-33(9-7-31)16-19-36-22-23-37-24-25-38-26-27-42(41-29-28-40(36)43(37)44(38)41)45(47)39-20-17-34(18-21-39)11-10-32-12-14-35(30-46)15-13-32/h6-9,12-15,17-18,20-30H,2-5H2,1H3. The Kier molecular flexibility index (Phi) is 8.34. The molecule has 0 aliphatic heterocycles. The van der Waals surface area contributed by atoms with E-state index in [1.807, 2.05) is 48.5 Å². The summed E-state index contributed by atoms with van der Waals surface area (Å²) in [6.45, 7) is 2.23. The Labute approximate surface area is 275 Å². The Morgan fingerprint density at radius 2 is 1.13 bits per heavy atom. The Balaban J connectivity index is 1.19. The number of hydrogen-bond acceptors (Lipinski definition) is 2. The zero-order chi connectivity index (χ0) is 32.2. The molecular weight excluding hydrogens is 572 g/mol. The van der Waals surface area contributed by atoms with E-state index in [0.717, 1.165) is 67.3 Å². The van der Waals surface area contributed by atoms with Crippen LogP contribution in [0.4, 0.5) is 0 Å². The van der Waals surface area contributed by atoms with Gasteiger partial charge < -0.3 is 0 Å². The minimum Gasteiger partial charge on any atom is -0.298 e. The van der Waals surface area contributed by atoms with E-state index < -0.39 is 0 Å². The highest BCUT2D eigenvalue weighted by atomic mass is 16.1. The van der Waals surface area contributed by atoms with E-state index in [-0.39, 0.29) is 5.78 Å². The van der Waals surface area contributed by atoms with Gasteiger partial charge in [0.05, 0.1) is 0 Å². The van der Waals surface area contributed by atoms with E-state index >= 15 is 0 Å². The van der Waals surface area contributed by atoms with Crippen molar-refractivity contribution in [1.82, 2.24) is 0 Å². The van der Waals surface area contributed by atoms with Crippen molar-refractivity contribution in [2.75, 3.05) is 0 Å². The highest BCUT2D eigenvalue weighted by molar-refractivity contribution is 6.28. The monoisotopic (exact) mass is 604 g/mol. The van der Waals surface area contributed by atoms with E-state index in [9.17, 15) is 9.59 Å². The summed E-state index contributed by atoms with van der Waals surface area (Å²) in [5.41, 5.74) is 6.90. The van der Waals surface area contributed by atoms with Gasteiger partial charge in [0, 0.05) is 38.9 Å². The summed E-state index contributed by atoms with van der Waals surface area (Å²) in [7, 11) is 0. The maximum Gasteiger partial charge on any atom is 0.193 e. The second-order valence-electron chi connectivity index (χ2n) is 11.9. The molecule has 7 aromatic rings. The molecule has 2 nitrogen and oxygen atoms in total. The van der Waals surface area contributed by atoms with Gasteiger partial charge in [0.1, 0.15) is 6.29 Å². The third-order valence-electron chi connectivity index (χ3n) is 8.82. The summed E-state index contributed by atoms with van der Waals surface area (Å²) in [5, 5.41) is 6.50. The molecule has 47 heavy (non-hydrogen) atoms. The fraction of sp³-hybridized carbons (Fsp3) is 0.111. The lowest BCUT2D eigenvalue weighted by molar-refractivity contribution is 0.103. The minimum absolute atomic E-state index is 0.0231. The largest absolute Gasteiger partial charge is 0.298 e. The molecule has 0 radical (unpaired) electrons. The molecule has 7 rings (SSSR count). The van der Waals surface area contributed by atoms with Crippen molar-refractivity contribution in [2.24, 2.45) is 0 Å². The van der Waals surface area contributed by atoms with E-state index in [0.29, 0.717) is 16.7 Å². The zero-order valence-corrected chi connectivity index (χ0v) is 26.3. The first-order valence-electron chi connectivity index (χ1n) is 16.1. The van der Waals surface area contributed by atoms with Gasteiger partial charge in [-0.25, -0.2) is 0 Å². The summed E-state index contributed by atoms with van der Waals surface area (Å²) >= 11 is 0. The van der Waals surface area contributed by atoms with Crippen LogP contribution in [0, 0.1) is 23.7 Å². The number of carbonyl (C=O) groups excluding carboxylic acids is 2. The van der Waals surface area contributed by atoms with Gasteiger partial charge >= 0.3 is 0 Å². The predicted octanol–water partition coefficient (Wildman–Crippen LogP) is 10.2. The van der Waals surface area contributed by atoms with E-state index in [4.69, 9.17) is 0 Å². The number of aldehydes is 1. The molecule has 7 aromatic carbocycles. The summed E-state index contributed by atoms with van der Waals surface area (Å²) in [4.78, 5) is 24.8. The number of ketones is 1.